The molecular formula is C18H36O4. The van der Waals surface area contributed by atoms with E-state index in [4.69, 9.17) is 14.6 Å². The van der Waals surface area contributed by atoms with Crippen molar-refractivity contribution in [3.8, 4) is 0 Å². The van der Waals surface area contributed by atoms with Gasteiger partial charge in [-0.15, -0.1) is 0 Å². The summed E-state index contributed by atoms with van der Waals surface area (Å²) in [6.45, 7) is 10.9. The molecule has 1 N–H and O–H groups in total. The SMILES string of the molecule is CCCCCCC(CC)(OCCCC)C(C)(CC)OC(=O)O. The van der Waals surface area contributed by atoms with Crippen LogP contribution in [-0.4, -0.2) is 29.1 Å². The van der Waals surface area contributed by atoms with E-state index in [-0.39, 0.29) is 0 Å². The zero-order valence-electron chi connectivity index (χ0n) is 15.2. The first-order chi connectivity index (χ1) is 10.4. The molecule has 0 rings (SSSR count). The van der Waals surface area contributed by atoms with Gasteiger partial charge in [-0.05, 0) is 32.6 Å². The molecule has 0 aromatic rings. The summed E-state index contributed by atoms with van der Waals surface area (Å²) in [5, 5.41) is 9.14. The minimum Gasteiger partial charge on any atom is -0.450 e. The molecule has 0 amide bonds. The third-order valence-corrected chi connectivity index (χ3v) is 4.83. The van der Waals surface area contributed by atoms with Gasteiger partial charge in [0.25, 0.3) is 0 Å². The van der Waals surface area contributed by atoms with Gasteiger partial charge in [0.05, 0.1) is 0 Å². The number of rotatable bonds is 13. The second-order valence-electron chi connectivity index (χ2n) is 6.31. The van der Waals surface area contributed by atoms with Gasteiger partial charge in [-0.2, -0.15) is 0 Å². The van der Waals surface area contributed by atoms with E-state index >= 15 is 0 Å². The molecule has 0 aliphatic rings. The third kappa shape index (κ3) is 6.15. The number of carbonyl (C=O) groups is 1. The Morgan fingerprint density at radius 2 is 1.59 bits per heavy atom. The predicted octanol–water partition coefficient (Wildman–Crippen LogP) is 5.79. The molecular weight excluding hydrogens is 280 g/mol. The maximum Gasteiger partial charge on any atom is 0.506 e. The van der Waals surface area contributed by atoms with Crippen molar-refractivity contribution in [2.45, 2.75) is 104 Å². The smallest absolute Gasteiger partial charge is 0.450 e. The van der Waals surface area contributed by atoms with Crippen molar-refractivity contribution in [3.05, 3.63) is 0 Å². The Bertz CT molecular complexity index is 305. The Hall–Kier alpha value is -0.770. The number of unbranched alkanes of at least 4 members (excludes halogenated alkanes) is 4. The van der Waals surface area contributed by atoms with Crippen LogP contribution in [0.1, 0.15) is 92.4 Å². The fourth-order valence-corrected chi connectivity index (χ4v) is 3.07. The van der Waals surface area contributed by atoms with Crippen molar-refractivity contribution in [1.29, 1.82) is 0 Å². The van der Waals surface area contributed by atoms with Gasteiger partial charge in [-0.1, -0.05) is 59.8 Å². The first-order valence-corrected chi connectivity index (χ1v) is 8.97. The van der Waals surface area contributed by atoms with Crippen LogP contribution < -0.4 is 0 Å². The van der Waals surface area contributed by atoms with Gasteiger partial charge in [0.2, 0.25) is 0 Å². The molecule has 0 saturated heterocycles. The van der Waals surface area contributed by atoms with E-state index in [1.54, 1.807) is 0 Å². The summed E-state index contributed by atoms with van der Waals surface area (Å²) in [5.74, 6) is 0. The fourth-order valence-electron chi connectivity index (χ4n) is 3.07. The zero-order chi connectivity index (χ0) is 17.1. The molecule has 2 unspecified atom stereocenters. The van der Waals surface area contributed by atoms with Gasteiger partial charge < -0.3 is 14.6 Å². The fraction of sp³-hybridized carbons (Fsp3) is 0.944. The van der Waals surface area contributed by atoms with Crippen molar-refractivity contribution in [1.82, 2.24) is 0 Å². The van der Waals surface area contributed by atoms with Crippen molar-refractivity contribution >= 4 is 6.16 Å². The minimum absolute atomic E-state index is 0.525. The van der Waals surface area contributed by atoms with Crippen LogP contribution in [0.5, 0.6) is 0 Å². The molecule has 0 bridgehead atoms. The van der Waals surface area contributed by atoms with Gasteiger partial charge in [0.1, 0.15) is 11.2 Å². The topological polar surface area (TPSA) is 55.8 Å². The van der Waals surface area contributed by atoms with Gasteiger partial charge in [-0.25, -0.2) is 4.79 Å². The molecule has 0 aromatic carbocycles. The summed E-state index contributed by atoms with van der Waals surface area (Å²) in [5.41, 5.74) is -1.32. The molecule has 0 aliphatic heterocycles. The van der Waals surface area contributed by atoms with Crippen LogP contribution in [0, 0.1) is 0 Å². The van der Waals surface area contributed by atoms with Gasteiger partial charge in [0, 0.05) is 6.61 Å². The summed E-state index contributed by atoms with van der Waals surface area (Å²) in [4.78, 5) is 11.2. The monoisotopic (exact) mass is 316 g/mol. The second kappa shape index (κ2) is 10.9. The molecule has 0 spiro atoms. The molecule has 0 radical (unpaired) electrons. The van der Waals surface area contributed by atoms with E-state index in [0.717, 1.165) is 38.5 Å². The lowest BCUT2D eigenvalue weighted by molar-refractivity contribution is -0.191. The largest absolute Gasteiger partial charge is 0.506 e. The Kier molecular flexibility index (Phi) is 10.5. The maximum absolute atomic E-state index is 11.2. The van der Waals surface area contributed by atoms with Crippen LogP contribution in [0.3, 0.4) is 0 Å². The third-order valence-electron chi connectivity index (χ3n) is 4.83. The molecule has 4 heteroatoms. The molecule has 132 valence electrons. The van der Waals surface area contributed by atoms with Crippen molar-refractivity contribution in [2.24, 2.45) is 0 Å². The zero-order valence-corrected chi connectivity index (χ0v) is 15.2. The van der Waals surface area contributed by atoms with Crippen molar-refractivity contribution in [3.63, 3.8) is 0 Å². The lowest BCUT2D eigenvalue weighted by atomic mass is 9.76. The summed E-state index contributed by atoms with van der Waals surface area (Å²) < 4.78 is 11.6. The highest BCUT2D eigenvalue weighted by molar-refractivity contribution is 5.57. The Morgan fingerprint density at radius 1 is 0.955 bits per heavy atom. The van der Waals surface area contributed by atoms with Crippen LogP contribution in [0.4, 0.5) is 4.79 Å². The Morgan fingerprint density at radius 3 is 2.05 bits per heavy atom. The lowest BCUT2D eigenvalue weighted by Gasteiger charge is -2.46. The van der Waals surface area contributed by atoms with Crippen LogP contribution in [0.15, 0.2) is 0 Å². The molecule has 22 heavy (non-hydrogen) atoms. The summed E-state index contributed by atoms with van der Waals surface area (Å²) in [6.07, 6.45) is 7.67. The minimum atomic E-state index is -1.21. The molecule has 0 heterocycles. The first-order valence-electron chi connectivity index (χ1n) is 8.97. The van der Waals surface area contributed by atoms with Crippen LogP contribution >= 0.6 is 0 Å². The van der Waals surface area contributed by atoms with Crippen molar-refractivity contribution in [2.75, 3.05) is 6.61 Å². The standard InChI is InChI=1S/C18H36O4/c1-6-10-12-13-14-18(9-4,21-15-11-7-2)17(5,8-3)22-16(19)20/h6-15H2,1-5H3,(H,19,20). The first kappa shape index (κ1) is 21.2. The second-order valence-corrected chi connectivity index (χ2v) is 6.31. The van der Waals surface area contributed by atoms with E-state index < -0.39 is 17.4 Å². The predicted molar refractivity (Wildman–Crippen MR) is 90.4 cm³/mol. The highest BCUT2D eigenvalue weighted by Crippen LogP contribution is 2.40. The lowest BCUT2D eigenvalue weighted by Crippen LogP contribution is -2.56. The molecule has 0 aliphatic carbocycles. The van der Waals surface area contributed by atoms with E-state index in [9.17, 15) is 4.79 Å². The summed E-state index contributed by atoms with van der Waals surface area (Å²) in [7, 11) is 0. The highest BCUT2D eigenvalue weighted by atomic mass is 16.7. The molecule has 0 fully saturated rings. The maximum atomic E-state index is 11.2. The normalized spacial score (nSPS) is 16.8. The quantitative estimate of drug-likeness (QED) is 0.345. The number of ether oxygens (including phenoxy) is 2. The number of hydrogen-bond donors (Lipinski definition) is 1. The van der Waals surface area contributed by atoms with E-state index in [2.05, 4.69) is 20.8 Å². The van der Waals surface area contributed by atoms with Crippen LogP contribution in [0.25, 0.3) is 0 Å². The Labute approximate surface area is 136 Å². The van der Waals surface area contributed by atoms with Gasteiger partial charge >= 0.3 is 6.16 Å². The van der Waals surface area contributed by atoms with Gasteiger partial charge in [-0.3, -0.25) is 0 Å². The molecule has 0 aromatic heterocycles. The summed E-state index contributed by atoms with van der Waals surface area (Å²) in [6, 6.07) is 0. The summed E-state index contributed by atoms with van der Waals surface area (Å²) >= 11 is 0. The number of carboxylic acid groups (broad SMARTS) is 1. The average molecular weight is 316 g/mol. The van der Waals surface area contributed by atoms with E-state index in [1.807, 2.05) is 13.8 Å². The van der Waals surface area contributed by atoms with E-state index in [0.29, 0.717) is 13.0 Å². The Balaban J connectivity index is 5.16. The average Bonchev–Trinajstić information content (AvgIpc) is 2.49. The highest BCUT2D eigenvalue weighted by Gasteiger charge is 2.49. The van der Waals surface area contributed by atoms with E-state index in [1.165, 1.54) is 12.8 Å². The number of hydrogen-bond acceptors (Lipinski definition) is 3. The molecule has 4 nitrogen and oxygen atoms in total. The molecule has 0 saturated carbocycles. The van der Waals surface area contributed by atoms with Gasteiger partial charge in [0.15, 0.2) is 0 Å². The van der Waals surface area contributed by atoms with Crippen LogP contribution in [0.2, 0.25) is 0 Å². The molecule has 2 atom stereocenters. The van der Waals surface area contributed by atoms with Crippen LogP contribution in [-0.2, 0) is 9.47 Å². The van der Waals surface area contributed by atoms with Crippen molar-refractivity contribution < 1.29 is 19.4 Å².